The topological polar surface area (TPSA) is 20.2 Å². The van der Waals surface area contributed by atoms with Gasteiger partial charge in [-0.3, -0.25) is 0 Å². The van der Waals surface area contributed by atoms with E-state index in [9.17, 15) is 9.50 Å². The molecule has 1 N–H and O–H groups in total. The molecule has 18 heavy (non-hydrogen) atoms. The Morgan fingerprint density at radius 2 is 1.89 bits per heavy atom. The summed E-state index contributed by atoms with van der Waals surface area (Å²) in [4.78, 5) is 0. The van der Waals surface area contributed by atoms with Crippen LogP contribution in [0.1, 0.15) is 56.6 Å². The molecule has 0 spiro atoms. The van der Waals surface area contributed by atoms with Gasteiger partial charge in [-0.2, -0.15) is 0 Å². The molecule has 0 saturated heterocycles. The Balaban J connectivity index is 2.02. The number of aliphatic hydroxyl groups excluding tert-OH is 1. The molecular formula is C15H20BrFO. The van der Waals surface area contributed by atoms with Crippen molar-refractivity contribution in [3.8, 4) is 0 Å². The average molecular weight is 315 g/mol. The molecule has 0 aromatic heterocycles. The van der Waals surface area contributed by atoms with E-state index in [1.54, 1.807) is 18.2 Å². The second-order valence-corrected chi connectivity index (χ2v) is 6.11. The molecule has 0 bridgehead atoms. The first kappa shape index (κ1) is 14.0. The number of aliphatic hydroxyl groups is 1. The zero-order chi connectivity index (χ0) is 13.0. The van der Waals surface area contributed by atoms with Crippen molar-refractivity contribution in [3.05, 3.63) is 34.1 Å². The third-order valence-electron chi connectivity index (χ3n) is 3.87. The lowest BCUT2D eigenvalue weighted by Crippen LogP contribution is -2.08. The third-order valence-corrected chi connectivity index (χ3v) is 4.48. The lowest BCUT2D eigenvalue weighted by molar-refractivity contribution is 0.135. The molecule has 1 nitrogen and oxygen atoms in total. The van der Waals surface area contributed by atoms with Crippen molar-refractivity contribution in [2.45, 2.75) is 51.0 Å². The largest absolute Gasteiger partial charge is 0.388 e. The average Bonchev–Trinajstić information content (AvgIpc) is 2.61. The maximum Gasteiger partial charge on any atom is 0.143 e. The van der Waals surface area contributed by atoms with Crippen LogP contribution in [0.2, 0.25) is 0 Å². The molecule has 0 amide bonds. The van der Waals surface area contributed by atoms with Crippen LogP contribution in [0.15, 0.2) is 22.7 Å². The van der Waals surface area contributed by atoms with Gasteiger partial charge in [-0.15, -0.1) is 0 Å². The summed E-state index contributed by atoms with van der Waals surface area (Å²) in [5.74, 6) is 0.222. The number of hydrogen-bond donors (Lipinski definition) is 1. The fraction of sp³-hybridized carbons (Fsp3) is 0.600. The van der Waals surface area contributed by atoms with Gasteiger partial charge >= 0.3 is 0 Å². The second-order valence-electron chi connectivity index (χ2n) is 5.25. The van der Waals surface area contributed by atoms with E-state index in [1.165, 1.54) is 38.5 Å². The standard InChI is InChI=1S/C15H20BrFO/c16-13-9-5-8-12(15(13)17)14(18)10-11-6-3-1-2-4-7-11/h5,8-9,11,14,18H,1-4,6-7,10H2. The molecule has 1 saturated carbocycles. The minimum atomic E-state index is -0.675. The summed E-state index contributed by atoms with van der Waals surface area (Å²) < 4.78 is 14.3. The van der Waals surface area contributed by atoms with Crippen LogP contribution in [-0.4, -0.2) is 5.11 Å². The van der Waals surface area contributed by atoms with Crippen molar-refractivity contribution < 1.29 is 9.50 Å². The molecule has 1 aliphatic carbocycles. The van der Waals surface area contributed by atoms with Crippen LogP contribution in [0, 0.1) is 11.7 Å². The predicted molar refractivity (Wildman–Crippen MR) is 74.9 cm³/mol. The van der Waals surface area contributed by atoms with Gasteiger partial charge in [-0.05, 0) is 34.3 Å². The Kier molecular flexibility index (Phi) is 5.19. The van der Waals surface area contributed by atoms with Crippen molar-refractivity contribution in [3.63, 3.8) is 0 Å². The van der Waals surface area contributed by atoms with Gasteiger partial charge < -0.3 is 5.11 Å². The van der Waals surface area contributed by atoms with Crippen molar-refractivity contribution >= 4 is 15.9 Å². The number of halogens is 2. The third kappa shape index (κ3) is 3.55. The first-order valence-electron chi connectivity index (χ1n) is 6.80. The van der Waals surface area contributed by atoms with Gasteiger partial charge in [0.05, 0.1) is 10.6 Å². The Hall–Kier alpha value is -0.410. The van der Waals surface area contributed by atoms with E-state index in [4.69, 9.17) is 0 Å². The van der Waals surface area contributed by atoms with Crippen LogP contribution in [0.25, 0.3) is 0 Å². The second kappa shape index (κ2) is 6.67. The first-order valence-corrected chi connectivity index (χ1v) is 7.59. The van der Waals surface area contributed by atoms with Gasteiger partial charge in [0.15, 0.2) is 0 Å². The summed E-state index contributed by atoms with van der Waals surface area (Å²) in [6.07, 6.45) is 7.46. The van der Waals surface area contributed by atoms with E-state index >= 15 is 0 Å². The number of benzene rings is 1. The van der Waals surface area contributed by atoms with E-state index in [2.05, 4.69) is 15.9 Å². The van der Waals surface area contributed by atoms with Crippen molar-refractivity contribution in [2.75, 3.05) is 0 Å². The summed E-state index contributed by atoms with van der Waals surface area (Å²) in [5, 5.41) is 10.2. The highest BCUT2D eigenvalue weighted by Gasteiger charge is 2.20. The van der Waals surface area contributed by atoms with E-state index in [0.717, 1.165) is 0 Å². The fourth-order valence-corrected chi connectivity index (χ4v) is 3.20. The van der Waals surface area contributed by atoms with Crippen LogP contribution in [-0.2, 0) is 0 Å². The Bertz CT molecular complexity index is 386. The molecule has 3 heteroatoms. The van der Waals surface area contributed by atoms with Gasteiger partial charge in [0.2, 0.25) is 0 Å². The lowest BCUT2D eigenvalue weighted by Gasteiger charge is -2.19. The van der Waals surface area contributed by atoms with Crippen molar-refractivity contribution in [2.24, 2.45) is 5.92 Å². The highest BCUT2D eigenvalue weighted by molar-refractivity contribution is 9.10. The van der Waals surface area contributed by atoms with Crippen molar-refractivity contribution in [1.29, 1.82) is 0 Å². The molecule has 1 aliphatic rings. The molecule has 0 radical (unpaired) electrons. The molecule has 1 fully saturated rings. The predicted octanol–water partition coefficient (Wildman–Crippen LogP) is 4.98. The van der Waals surface area contributed by atoms with Gasteiger partial charge in [0, 0.05) is 5.56 Å². The maximum atomic E-state index is 13.9. The molecule has 1 aromatic carbocycles. The van der Waals surface area contributed by atoms with E-state index in [1.807, 2.05) is 0 Å². The van der Waals surface area contributed by atoms with Gasteiger partial charge in [0.25, 0.3) is 0 Å². The molecule has 100 valence electrons. The molecule has 0 aliphatic heterocycles. The zero-order valence-electron chi connectivity index (χ0n) is 10.5. The van der Waals surface area contributed by atoms with Crippen LogP contribution < -0.4 is 0 Å². The Morgan fingerprint density at radius 3 is 2.56 bits per heavy atom. The SMILES string of the molecule is OC(CC1CCCCCC1)c1cccc(Br)c1F. The highest BCUT2D eigenvalue weighted by atomic mass is 79.9. The van der Waals surface area contributed by atoms with Crippen molar-refractivity contribution in [1.82, 2.24) is 0 Å². The van der Waals surface area contributed by atoms with Gasteiger partial charge in [-0.25, -0.2) is 4.39 Å². The fourth-order valence-electron chi connectivity index (χ4n) is 2.82. The van der Waals surface area contributed by atoms with E-state index in [-0.39, 0.29) is 5.82 Å². The zero-order valence-corrected chi connectivity index (χ0v) is 12.1. The summed E-state index contributed by atoms with van der Waals surface area (Å²) in [7, 11) is 0. The Morgan fingerprint density at radius 1 is 1.22 bits per heavy atom. The summed E-state index contributed by atoms with van der Waals surface area (Å²) in [6.45, 7) is 0. The van der Waals surface area contributed by atoms with Crippen LogP contribution in [0.5, 0.6) is 0 Å². The number of rotatable bonds is 3. The van der Waals surface area contributed by atoms with Gasteiger partial charge in [-0.1, -0.05) is 50.7 Å². The normalized spacial score (nSPS) is 19.5. The number of hydrogen-bond acceptors (Lipinski definition) is 1. The van der Waals surface area contributed by atoms with Crippen LogP contribution in [0.3, 0.4) is 0 Å². The first-order chi connectivity index (χ1) is 8.68. The molecule has 0 heterocycles. The summed E-state index contributed by atoms with van der Waals surface area (Å²) >= 11 is 3.17. The molecular weight excluding hydrogens is 295 g/mol. The van der Waals surface area contributed by atoms with E-state index in [0.29, 0.717) is 22.4 Å². The maximum absolute atomic E-state index is 13.9. The quantitative estimate of drug-likeness (QED) is 0.780. The van der Waals surface area contributed by atoms with E-state index < -0.39 is 6.10 Å². The molecule has 2 rings (SSSR count). The molecule has 1 unspecified atom stereocenters. The summed E-state index contributed by atoms with van der Waals surface area (Å²) in [6, 6.07) is 5.12. The van der Waals surface area contributed by atoms with Gasteiger partial charge in [0.1, 0.15) is 5.82 Å². The minimum Gasteiger partial charge on any atom is -0.388 e. The summed E-state index contributed by atoms with van der Waals surface area (Å²) in [5.41, 5.74) is 0.425. The minimum absolute atomic E-state index is 0.321. The lowest BCUT2D eigenvalue weighted by atomic mass is 9.91. The highest BCUT2D eigenvalue weighted by Crippen LogP contribution is 2.33. The molecule has 1 aromatic rings. The van der Waals surface area contributed by atoms with Crippen LogP contribution >= 0.6 is 15.9 Å². The van der Waals surface area contributed by atoms with Crippen LogP contribution in [0.4, 0.5) is 4.39 Å². The monoisotopic (exact) mass is 314 g/mol. The smallest absolute Gasteiger partial charge is 0.143 e. The Labute approximate surface area is 117 Å². The molecule has 1 atom stereocenters.